The number of thiophene rings is 1. The fourth-order valence-corrected chi connectivity index (χ4v) is 2.87. The van der Waals surface area contributed by atoms with E-state index < -0.39 is 0 Å². The molecule has 0 aliphatic carbocycles. The molecule has 0 spiro atoms. The Labute approximate surface area is 101 Å². The van der Waals surface area contributed by atoms with Gasteiger partial charge < -0.3 is 5.73 Å². The molecule has 5 heteroatoms. The second kappa shape index (κ2) is 3.98. The Hall–Kier alpha value is -0.810. The highest BCUT2D eigenvalue weighted by molar-refractivity contribution is 9.11. The van der Waals surface area contributed by atoms with Crippen LogP contribution in [0.4, 0.5) is 5.82 Å². The zero-order valence-electron chi connectivity index (χ0n) is 8.62. The van der Waals surface area contributed by atoms with E-state index in [2.05, 4.69) is 34.0 Å². The van der Waals surface area contributed by atoms with Gasteiger partial charge in [0, 0.05) is 18.2 Å². The number of nitrogens with two attached hydrogens (primary N) is 1. The zero-order chi connectivity index (χ0) is 11.0. The van der Waals surface area contributed by atoms with Crippen LogP contribution in [0.2, 0.25) is 0 Å². The van der Waals surface area contributed by atoms with Crippen LogP contribution in [0.25, 0.3) is 11.3 Å². The molecule has 0 aliphatic heterocycles. The highest BCUT2D eigenvalue weighted by Crippen LogP contribution is 2.35. The van der Waals surface area contributed by atoms with Crippen LogP contribution in [0.15, 0.2) is 15.2 Å². The fourth-order valence-electron chi connectivity index (χ4n) is 1.61. The third-order valence-electron chi connectivity index (χ3n) is 2.42. The van der Waals surface area contributed by atoms with Crippen molar-refractivity contribution in [3.05, 3.63) is 20.8 Å². The largest absolute Gasteiger partial charge is 0.384 e. The van der Waals surface area contributed by atoms with Gasteiger partial charge in [-0.3, -0.25) is 4.68 Å². The minimum atomic E-state index is 0.755. The topological polar surface area (TPSA) is 43.8 Å². The zero-order valence-corrected chi connectivity index (χ0v) is 11.0. The van der Waals surface area contributed by atoms with E-state index in [4.69, 9.17) is 5.73 Å². The summed E-state index contributed by atoms with van der Waals surface area (Å²) in [5, 5.41) is 6.50. The predicted molar refractivity (Wildman–Crippen MR) is 68.0 cm³/mol. The molecule has 0 fully saturated rings. The van der Waals surface area contributed by atoms with Gasteiger partial charge in [0.05, 0.1) is 9.48 Å². The van der Waals surface area contributed by atoms with E-state index in [0.29, 0.717) is 0 Å². The Bertz CT molecular complexity index is 487. The van der Waals surface area contributed by atoms with Crippen molar-refractivity contribution in [2.45, 2.75) is 13.3 Å². The Morgan fingerprint density at radius 3 is 2.87 bits per heavy atom. The molecule has 2 aromatic rings. The number of hydrogen-bond acceptors (Lipinski definition) is 3. The van der Waals surface area contributed by atoms with Crippen LogP contribution in [0, 0.1) is 0 Å². The number of nitrogens with zero attached hydrogens (tertiary/aromatic N) is 2. The van der Waals surface area contributed by atoms with E-state index in [-0.39, 0.29) is 0 Å². The van der Waals surface area contributed by atoms with Gasteiger partial charge in [0.2, 0.25) is 0 Å². The highest BCUT2D eigenvalue weighted by Gasteiger charge is 2.16. The maximum absolute atomic E-state index is 5.96. The second-order valence-electron chi connectivity index (χ2n) is 3.30. The number of anilines is 1. The molecule has 0 aliphatic rings. The fraction of sp³-hybridized carbons (Fsp3) is 0.300. The first-order valence-corrected chi connectivity index (χ1v) is 6.37. The van der Waals surface area contributed by atoms with E-state index in [9.17, 15) is 0 Å². The van der Waals surface area contributed by atoms with Crippen LogP contribution < -0.4 is 5.73 Å². The molecule has 0 bridgehead atoms. The number of aryl methyl sites for hydroxylation is 1. The summed E-state index contributed by atoms with van der Waals surface area (Å²) in [6.45, 7) is 2.09. The molecule has 0 aromatic carbocycles. The average molecular weight is 286 g/mol. The summed E-state index contributed by atoms with van der Waals surface area (Å²) in [6, 6.07) is 2.07. The minimum absolute atomic E-state index is 0.755. The summed E-state index contributed by atoms with van der Waals surface area (Å²) in [6.07, 6.45) is 0.900. The predicted octanol–water partition coefficient (Wildman–Crippen LogP) is 3.06. The molecule has 2 rings (SSSR count). The van der Waals surface area contributed by atoms with Crippen molar-refractivity contribution >= 4 is 33.1 Å². The van der Waals surface area contributed by atoms with Gasteiger partial charge in [-0.25, -0.2) is 0 Å². The van der Waals surface area contributed by atoms with Gasteiger partial charge in [-0.15, -0.1) is 11.3 Å². The molecule has 0 unspecified atom stereocenters. The second-order valence-corrected chi connectivity index (χ2v) is 5.53. The summed E-state index contributed by atoms with van der Waals surface area (Å²) in [5.74, 6) is 0.755. The molecule has 0 amide bonds. The third kappa shape index (κ3) is 1.70. The van der Waals surface area contributed by atoms with Crippen molar-refractivity contribution in [3.63, 3.8) is 0 Å². The van der Waals surface area contributed by atoms with Gasteiger partial charge in [0.1, 0.15) is 5.82 Å². The molecule has 3 nitrogen and oxygen atoms in total. The Balaban J connectivity index is 2.63. The van der Waals surface area contributed by atoms with E-state index >= 15 is 0 Å². The average Bonchev–Trinajstić information content (AvgIpc) is 2.73. The van der Waals surface area contributed by atoms with E-state index in [1.807, 2.05) is 12.4 Å². The maximum Gasteiger partial charge on any atom is 0.125 e. The monoisotopic (exact) mass is 285 g/mol. The van der Waals surface area contributed by atoms with Crippen LogP contribution in [-0.2, 0) is 13.5 Å². The molecule has 0 atom stereocenters. The van der Waals surface area contributed by atoms with Crippen molar-refractivity contribution in [1.29, 1.82) is 0 Å². The smallest absolute Gasteiger partial charge is 0.125 e. The lowest BCUT2D eigenvalue weighted by Gasteiger charge is -1.98. The van der Waals surface area contributed by atoms with Crippen LogP contribution in [-0.4, -0.2) is 9.78 Å². The lowest BCUT2D eigenvalue weighted by atomic mass is 10.1. The number of rotatable bonds is 2. The van der Waals surface area contributed by atoms with Crippen LogP contribution in [0.1, 0.15) is 12.5 Å². The first kappa shape index (κ1) is 10.7. The van der Waals surface area contributed by atoms with Crippen LogP contribution >= 0.6 is 27.3 Å². The van der Waals surface area contributed by atoms with Crippen molar-refractivity contribution < 1.29 is 0 Å². The van der Waals surface area contributed by atoms with E-state index in [0.717, 1.165) is 32.8 Å². The lowest BCUT2D eigenvalue weighted by molar-refractivity contribution is 0.782. The molecule has 2 aromatic heterocycles. The minimum Gasteiger partial charge on any atom is -0.384 e. The summed E-state index contributed by atoms with van der Waals surface area (Å²) < 4.78 is 2.84. The number of hydrogen-bond donors (Lipinski definition) is 1. The van der Waals surface area contributed by atoms with Crippen molar-refractivity contribution in [1.82, 2.24) is 9.78 Å². The van der Waals surface area contributed by atoms with Crippen molar-refractivity contribution in [3.8, 4) is 11.3 Å². The number of aromatic nitrogens is 2. The Morgan fingerprint density at radius 1 is 1.60 bits per heavy atom. The molecule has 15 heavy (non-hydrogen) atoms. The molecular formula is C10H12BrN3S. The van der Waals surface area contributed by atoms with Crippen LogP contribution in [0.5, 0.6) is 0 Å². The van der Waals surface area contributed by atoms with Gasteiger partial charge >= 0.3 is 0 Å². The van der Waals surface area contributed by atoms with E-state index in [1.165, 1.54) is 0 Å². The summed E-state index contributed by atoms with van der Waals surface area (Å²) >= 11 is 5.19. The van der Waals surface area contributed by atoms with Gasteiger partial charge in [0.25, 0.3) is 0 Å². The molecule has 0 saturated heterocycles. The summed E-state index contributed by atoms with van der Waals surface area (Å²) in [4.78, 5) is 0. The van der Waals surface area contributed by atoms with Crippen LogP contribution in [0.3, 0.4) is 0 Å². The van der Waals surface area contributed by atoms with Gasteiger partial charge in [-0.2, -0.15) is 5.10 Å². The SMILES string of the molecule is CCc1c(-c2ccsc2Br)nn(C)c1N. The molecule has 0 radical (unpaired) electrons. The molecule has 2 heterocycles. The number of nitrogen functional groups attached to an aromatic ring is 1. The molecule has 80 valence electrons. The molecular weight excluding hydrogens is 274 g/mol. The lowest BCUT2D eigenvalue weighted by Crippen LogP contribution is -1.98. The quantitative estimate of drug-likeness (QED) is 0.922. The Morgan fingerprint density at radius 2 is 2.33 bits per heavy atom. The van der Waals surface area contributed by atoms with Gasteiger partial charge in [-0.05, 0) is 33.8 Å². The van der Waals surface area contributed by atoms with Gasteiger partial charge in [0.15, 0.2) is 0 Å². The summed E-state index contributed by atoms with van der Waals surface area (Å²) in [7, 11) is 1.87. The molecule has 2 N–H and O–H groups in total. The normalized spacial score (nSPS) is 10.9. The highest BCUT2D eigenvalue weighted by atomic mass is 79.9. The standard InChI is InChI=1S/C10H12BrN3S/c1-3-6-8(13-14(2)10(6)12)7-4-5-15-9(7)11/h4-5H,3,12H2,1-2H3. The van der Waals surface area contributed by atoms with Crippen molar-refractivity contribution in [2.24, 2.45) is 7.05 Å². The molecule has 0 saturated carbocycles. The summed E-state index contributed by atoms with van der Waals surface area (Å²) in [5.41, 5.74) is 9.20. The van der Waals surface area contributed by atoms with E-state index in [1.54, 1.807) is 16.0 Å². The first-order chi connectivity index (χ1) is 7.15. The third-order valence-corrected chi connectivity index (χ3v) is 4.11. The van der Waals surface area contributed by atoms with Crippen molar-refractivity contribution in [2.75, 3.05) is 5.73 Å². The van der Waals surface area contributed by atoms with Gasteiger partial charge in [-0.1, -0.05) is 6.92 Å². The Kier molecular flexibility index (Phi) is 2.84. The first-order valence-electron chi connectivity index (χ1n) is 4.69. The number of halogens is 1. The maximum atomic E-state index is 5.96.